The predicted molar refractivity (Wildman–Crippen MR) is 154 cm³/mol. The van der Waals surface area contributed by atoms with Gasteiger partial charge in [0, 0.05) is 28.8 Å². The lowest BCUT2D eigenvalue weighted by molar-refractivity contribution is -0.384. The van der Waals surface area contributed by atoms with Crippen molar-refractivity contribution in [3.05, 3.63) is 88.0 Å². The van der Waals surface area contributed by atoms with Crippen molar-refractivity contribution >= 4 is 50.6 Å². The van der Waals surface area contributed by atoms with Crippen molar-refractivity contribution in [2.75, 3.05) is 4.90 Å². The fourth-order valence-corrected chi connectivity index (χ4v) is 5.97. The minimum atomic E-state index is -1.04. The third-order valence-electron chi connectivity index (χ3n) is 7.39. The average molecular weight is 557 g/mol. The van der Waals surface area contributed by atoms with Gasteiger partial charge >= 0.3 is 0 Å². The summed E-state index contributed by atoms with van der Waals surface area (Å²) in [6, 6.07) is 17.5. The Balaban J connectivity index is 1.44. The number of anilines is 1. The van der Waals surface area contributed by atoms with Crippen molar-refractivity contribution in [1.29, 1.82) is 0 Å². The molecule has 0 N–H and O–H groups in total. The molecule has 1 atom stereocenters. The molecule has 1 aliphatic rings. The number of fused-ring (bicyclic) bond motifs is 1. The number of imide groups is 1. The van der Waals surface area contributed by atoms with Gasteiger partial charge in [-0.2, -0.15) is 0 Å². The van der Waals surface area contributed by atoms with Crippen molar-refractivity contribution in [3.8, 4) is 10.6 Å². The first kappa shape index (κ1) is 27.1. The second-order valence-electron chi connectivity index (χ2n) is 10.5. The highest BCUT2D eigenvalue weighted by molar-refractivity contribution is 7.21. The van der Waals surface area contributed by atoms with E-state index in [-0.39, 0.29) is 17.7 Å². The number of nitrogens with zero attached hydrogens (tertiary/aromatic N) is 4. The molecule has 1 unspecified atom stereocenters. The third kappa shape index (κ3) is 4.86. The fraction of sp³-hybridized carbons (Fsp3) is 0.267. The number of benzene rings is 3. The van der Waals surface area contributed by atoms with Crippen LogP contribution in [-0.2, 0) is 9.59 Å². The van der Waals surface area contributed by atoms with Gasteiger partial charge in [-0.05, 0) is 75.2 Å². The summed E-state index contributed by atoms with van der Waals surface area (Å²) in [6.45, 7) is 7.55. The Hall–Kier alpha value is -4.44. The summed E-state index contributed by atoms with van der Waals surface area (Å²) in [5.74, 6) is -1.46. The number of aromatic nitrogens is 1. The molecule has 40 heavy (non-hydrogen) atoms. The van der Waals surface area contributed by atoms with Gasteiger partial charge in [0.05, 0.1) is 27.2 Å². The molecule has 9 nitrogen and oxygen atoms in total. The van der Waals surface area contributed by atoms with Crippen LogP contribution in [0.3, 0.4) is 0 Å². The molecule has 0 bridgehead atoms. The zero-order valence-corrected chi connectivity index (χ0v) is 23.4. The molecule has 5 rings (SSSR count). The minimum absolute atomic E-state index is 0.0878. The van der Waals surface area contributed by atoms with E-state index < -0.39 is 34.2 Å². The molecule has 1 fully saturated rings. The predicted octanol–water partition coefficient (Wildman–Crippen LogP) is 6.14. The number of nitro benzene ring substituents is 1. The standard InChI is InChI=1S/C30H28N4O5S/c1-5-30(3,4)33(28(36)20-7-6-8-22(16-20)34(38)39)24-17-26(35)32(29(24)37)21-12-10-19(11-13-21)27-31-23-14-9-18(2)15-25(23)40-27/h6-16,24H,5,17H2,1-4H3. The van der Waals surface area contributed by atoms with Gasteiger partial charge < -0.3 is 4.90 Å². The van der Waals surface area contributed by atoms with Gasteiger partial charge in [0.15, 0.2) is 0 Å². The summed E-state index contributed by atoms with van der Waals surface area (Å²) in [5.41, 5.74) is 2.41. The van der Waals surface area contributed by atoms with Crippen LogP contribution in [0.25, 0.3) is 20.8 Å². The second-order valence-corrected chi connectivity index (χ2v) is 11.5. The number of carbonyl (C=O) groups excluding carboxylic acids is 3. The Bertz CT molecular complexity index is 1660. The summed E-state index contributed by atoms with van der Waals surface area (Å²) >= 11 is 1.57. The van der Waals surface area contributed by atoms with Crippen molar-refractivity contribution in [3.63, 3.8) is 0 Å². The fourth-order valence-electron chi connectivity index (χ4n) is 4.90. The Kier molecular flexibility index (Phi) is 6.97. The summed E-state index contributed by atoms with van der Waals surface area (Å²) in [6.07, 6.45) is 0.323. The Morgan fingerprint density at radius 3 is 2.52 bits per heavy atom. The van der Waals surface area contributed by atoms with Crippen LogP contribution in [-0.4, -0.2) is 44.1 Å². The van der Waals surface area contributed by atoms with E-state index in [2.05, 4.69) is 6.07 Å². The van der Waals surface area contributed by atoms with E-state index in [9.17, 15) is 24.5 Å². The topological polar surface area (TPSA) is 114 Å². The molecule has 1 saturated heterocycles. The number of aryl methyl sites for hydroxylation is 1. The van der Waals surface area contributed by atoms with E-state index in [1.807, 2.05) is 52.0 Å². The molecular formula is C30H28N4O5S. The van der Waals surface area contributed by atoms with Gasteiger partial charge in [-0.15, -0.1) is 11.3 Å². The molecule has 0 spiro atoms. The molecule has 2 heterocycles. The summed E-state index contributed by atoms with van der Waals surface area (Å²) in [7, 11) is 0. The summed E-state index contributed by atoms with van der Waals surface area (Å²) in [5, 5.41) is 12.1. The van der Waals surface area contributed by atoms with E-state index in [0.29, 0.717) is 12.1 Å². The highest BCUT2D eigenvalue weighted by Crippen LogP contribution is 2.35. The van der Waals surface area contributed by atoms with Crippen molar-refractivity contribution in [2.45, 2.75) is 52.1 Å². The SMILES string of the molecule is CCC(C)(C)N(C(=O)c1cccc([N+](=O)[O-])c1)C1CC(=O)N(c2ccc(-c3nc4ccc(C)cc4s3)cc2)C1=O. The molecule has 0 aliphatic carbocycles. The smallest absolute Gasteiger partial charge is 0.270 e. The molecule has 10 heteroatoms. The first-order chi connectivity index (χ1) is 19.0. The molecule has 3 aromatic carbocycles. The van der Waals surface area contributed by atoms with Gasteiger partial charge in [0.1, 0.15) is 11.0 Å². The zero-order valence-electron chi connectivity index (χ0n) is 22.6. The quantitative estimate of drug-likeness (QED) is 0.153. The monoisotopic (exact) mass is 556 g/mol. The van der Waals surface area contributed by atoms with Crippen LogP contribution in [0.4, 0.5) is 11.4 Å². The van der Waals surface area contributed by atoms with Crippen LogP contribution in [0.5, 0.6) is 0 Å². The maximum absolute atomic E-state index is 13.7. The largest absolute Gasteiger partial charge is 0.321 e. The van der Waals surface area contributed by atoms with Crippen LogP contribution in [0.2, 0.25) is 0 Å². The molecule has 0 saturated carbocycles. The third-order valence-corrected chi connectivity index (χ3v) is 8.46. The molecule has 1 aromatic heterocycles. The van der Waals surface area contributed by atoms with Crippen LogP contribution >= 0.6 is 11.3 Å². The Morgan fingerprint density at radius 1 is 1.12 bits per heavy atom. The number of nitro groups is 1. The van der Waals surface area contributed by atoms with Gasteiger partial charge in [0.2, 0.25) is 5.91 Å². The Morgan fingerprint density at radius 2 is 1.85 bits per heavy atom. The normalized spacial score (nSPS) is 15.6. The summed E-state index contributed by atoms with van der Waals surface area (Å²) < 4.78 is 1.08. The number of hydrogen-bond donors (Lipinski definition) is 0. The number of thiazole rings is 1. The van der Waals surface area contributed by atoms with E-state index >= 15 is 0 Å². The van der Waals surface area contributed by atoms with E-state index in [0.717, 1.165) is 31.3 Å². The van der Waals surface area contributed by atoms with Crippen LogP contribution in [0.15, 0.2) is 66.7 Å². The van der Waals surface area contributed by atoms with Crippen molar-refractivity contribution in [2.24, 2.45) is 0 Å². The lowest BCUT2D eigenvalue weighted by atomic mass is 9.94. The van der Waals surface area contributed by atoms with E-state index in [1.54, 1.807) is 23.5 Å². The summed E-state index contributed by atoms with van der Waals surface area (Å²) in [4.78, 5) is 58.6. The lowest BCUT2D eigenvalue weighted by Crippen LogP contribution is -2.55. The van der Waals surface area contributed by atoms with Crippen molar-refractivity contribution < 1.29 is 19.3 Å². The van der Waals surface area contributed by atoms with Gasteiger partial charge in [-0.25, -0.2) is 9.88 Å². The second kappa shape index (κ2) is 10.3. The molecule has 204 valence electrons. The van der Waals surface area contributed by atoms with E-state index in [1.165, 1.54) is 29.2 Å². The van der Waals surface area contributed by atoms with Crippen molar-refractivity contribution in [1.82, 2.24) is 9.88 Å². The Labute approximate surface area is 235 Å². The number of rotatable bonds is 7. The number of hydrogen-bond acceptors (Lipinski definition) is 7. The van der Waals surface area contributed by atoms with E-state index in [4.69, 9.17) is 4.98 Å². The number of amides is 3. The highest BCUT2D eigenvalue weighted by Gasteiger charge is 2.48. The first-order valence-electron chi connectivity index (χ1n) is 12.9. The van der Waals surface area contributed by atoms with Gasteiger partial charge in [-0.1, -0.05) is 19.1 Å². The maximum Gasteiger partial charge on any atom is 0.270 e. The number of non-ortho nitro benzene ring substituents is 1. The lowest BCUT2D eigenvalue weighted by Gasteiger charge is -2.41. The van der Waals surface area contributed by atoms with Gasteiger partial charge in [-0.3, -0.25) is 24.5 Å². The molecule has 0 radical (unpaired) electrons. The first-order valence-corrected chi connectivity index (χ1v) is 13.7. The molecule has 4 aromatic rings. The molecule has 3 amide bonds. The maximum atomic E-state index is 13.7. The van der Waals surface area contributed by atoms with Crippen LogP contribution in [0, 0.1) is 17.0 Å². The zero-order chi connectivity index (χ0) is 28.8. The highest BCUT2D eigenvalue weighted by atomic mass is 32.1. The van der Waals surface area contributed by atoms with Crippen LogP contribution < -0.4 is 4.90 Å². The number of carbonyl (C=O) groups is 3. The van der Waals surface area contributed by atoms with Gasteiger partial charge in [0.25, 0.3) is 17.5 Å². The molecular weight excluding hydrogens is 528 g/mol. The van der Waals surface area contributed by atoms with Crippen LogP contribution in [0.1, 0.15) is 49.5 Å². The molecule has 1 aliphatic heterocycles. The average Bonchev–Trinajstić information content (AvgIpc) is 3.48. The minimum Gasteiger partial charge on any atom is -0.321 e.